The fourth-order valence-electron chi connectivity index (χ4n) is 3.38. The van der Waals surface area contributed by atoms with E-state index in [1.807, 2.05) is 6.07 Å². The summed E-state index contributed by atoms with van der Waals surface area (Å²) in [7, 11) is 0.969. The second kappa shape index (κ2) is 8.19. The Labute approximate surface area is 160 Å². The van der Waals surface area contributed by atoms with E-state index >= 15 is 0 Å². The standard InChI is InChI=1S/C20H25NO5S/c1-24-18-10-14(11-19(25-2)20(18)26-3)13-21-27(22,23)17-9-8-15-6-4-5-7-16(15)12-17/h8-12,21H,4-7,13H2,1-3H3. The van der Waals surface area contributed by atoms with Crippen molar-refractivity contribution in [3.05, 3.63) is 47.0 Å². The lowest BCUT2D eigenvalue weighted by Gasteiger charge is -2.17. The van der Waals surface area contributed by atoms with Gasteiger partial charge in [-0.2, -0.15) is 0 Å². The van der Waals surface area contributed by atoms with Crippen LogP contribution in [0.25, 0.3) is 0 Å². The third-order valence-corrected chi connectivity index (χ3v) is 6.22. The first-order valence-corrected chi connectivity index (χ1v) is 10.4. The van der Waals surface area contributed by atoms with E-state index in [4.69, 9.17) is 14.2 Å². The molecule has 0 atom stereocenters. The fraction of sp³-hybridized carbons (Fsp3) is 0.400. The van der Waals surface area contributed by atoms with E-state index < -0.39 is 10.0 Å². The highest BCUT2D eigenvalue weighted by molar-refractivity contribution is 7.89. The van der Waals surface area contributed by atoms with Gasteiger partial charge in [0, 0.05) is 6.54 Å². The monoisotopic (exact) mass is 391 g/mol. The maximum Gasteiger partial charge on any atom is 0.240 e. The summed E-state index contributed by atoms with van der Waals surface area (Å²) in [5.41, 5.74) is 3.10. The molecule has 0 fully saturated rings. The largest absolute Gasteiger partial charge is 0.493 e. The van der Waals surface area contributed by atoms with Crippen molar-refractivity contribution in [2.24, 2.45) is 0 Å². The molecule has 2 aromatic carbocycles. The number of aryl methyl sites for hydroxylation is 2. The first-order chi connectivity index (χ1) is 13.0. The van der Waals surface area contributed by atoms with Crippen molar-refractivity contribution >= 4 is 10.0 Å². The quantitative estimate of drug-likeness (QED) is 0.785. The van der Waals surface area contributed by atoms with Gasteiger partial charge in [-0.05, 0) is 66.6 Å². The molecule has 146 valence electrons. The van der Waals surface area contributed by atoms with Crippen LogP contribution in [0.1, 0.15) is 29.5 Å². The molecule has 0 amide bonds. The number of rotatable bonds is 7. The van der Waals surface area contributed by atoms with E-state index in [9.17, 15) is 8.42 Å². The van der Waals surface area contributed by atoms with E-state index in [0.29, 0.717) is 27.7 Å². The highest BCUT2D eigenvalue weighted by Crippen LogP contribution is 2.38. The lowest BCUT2D eigenvalue weighted by molar-refractivity contribution is 0.323. The van der Waals surface area contributed by atoms with Crippen molar-refractivity contribution in [3.63, 3.8) is 0 Å². The zero-order chi connectivity index (χ0) is 19.4. The van der Waals surface area contributed by atoms with Gasteiger partial charge in [0.05, 0.1) is 26.2 Å². The molecule has 0 radical (unpaired) electrons. The number of fused-ring (bicyclic) bond motifs is 1. The van der Waals surface area contributed by atoms with Gasteiger partial charge < -0.3 is 14.2 Å². The minimum absolute atomic E-state index is 0.121. The van der Waals surface area contributed by atoms with Crippen LogP contribution in [0, 0.1) is 0 Å². The molecule has 0 saturated heterocycles. The SMILES string of the molecule is COc1cc(CNS(=O)(=O)c2ccc3c(c2)CCCC3)cc(OC)c1OC. The Kier molecular flexibility index (Phi) is 5.92. The predicted molar refractivity (Wildman–Crippen MR) is 103 cm³/mol. The van der Waals surface area contributed by atoms with Gasteiger partial charge in [0.15, 0.2) is 11.5 Å². The van der Waals surface area contributed by atoms with Gasteiger partial charge in [-0.15, -0.1) is 0 Å². The molecule has 0 saturated carbocycles. The summed E-state index contributed by atoms with van der Waals surface area (Å²) in [5.74, 6) is 1.45. The number of ether oxygens (including phenoxy) is 3. The molecule has 0 unspecified atom stereocenters. The molecule has 0 heterocycles. The van der Waals surface area contributed by atoms with Gasteiger partial charge >= 0.3 is 0 Å². The van der Waals surface area contributed by atoms with Crippen molar-refractivity contribution in [1.29, 1.82) is 0 Å². The zero-order valence-corrected chi connectivity index (χ0v) is 16.7. The average molecular weight is 391 g/mol. The summed E-state index contributed by atoms with van der Waals surface area (Å²) < 4.78 is 44.0. The van der Waals surface area contributed by atoms with Crippen LogP contribution in [0.3, 0.4) is 0 Å². The Balaban J connectivity index is 1.81. The van der Waals surface area contributed by atoms with Gasteiger partial charge in [-0.3, -0.25) is 0 Å². The van der Waals surface area contributed by atoms with Gasteiger partial charge in [0.1, 0.15) is 0 Å². The van der Waals surface area contributed by atoms with Crippen LogP contribution in [0.15, 0.2) is 35.2 Å². The molecule has 0 bridgehead atoms. The molecule has 0 spiro atoms. The molecule has 1 aliphatic carbocycles. The summed E-state index contributed by atoms with van der Waals surface area (Å²) in [6.07, 6.45) is 4.23. The first-order valence-electron chi connectivity index (χ1n) is 8.89. The van der Waals surface area contributed by atoms with Crippen LogP contribution in [-0.4, -0.2) is 29.7 Å². The Morgan fingerprint density at radius 1 is 0.889 bits per heavy atom. The maximum atomic E-state index is 12.7. The molecular weight excluding hydrogens is 366 g/mol. The average Bonchev–Trinajstić information content (AvgIpc) is 2.70. The van der Waals surface area contributed by atoms with E-state index in [0.717, 1.165) is 24.8 Å². The fourth-order valence-corrected chi connectivity index (χ4v) is 4.44. The lowest BCUT2D eigenvalue weighted by Crippen LogP contribution is -2.23. The highest BCUT2D eigenvalue weighted by Gasteiger charge is 2.19. The molecule has 6 nitrogen and oxygen atoms in total. The Bertz CT molecular complexity index is 899. The Morgan fingerprint density at radius 3 is 2.11 bits per heavy atom. The minimum Gasteiger partial charge on any atom is -0.493 e. The van der Waals surface area contributed by atoms with E-state index in [-0.39, 0.29) is 6.54 Å². The number of benzene rings is 2. The molecule has 7 heteroatoms. The normalized spacial score (nSPS) is 13.7. The first kappa shape index (κ1) is 19.5. The van der Waals surface area contributed by atoms with Crippen LogP contribution in [0.4, 0.5) is 0 Å². The van der Waals surface area contributed by atoms with Gasteiger partial charge in [0.2, 0.25) is 15.8 Å². The van der Waals surface area contributed by atoms with E-state index in [2.05, 4.69) is 4.72 Å². The number of hydrogen-bond donors (Lipinski definition) is 1. The van der Waals surface area contributed by atoms with Gasteiger partial charge in [0.25, 0.3) is 0 Å². The Hall–Kier alpha value is -2.25. The predicted octanol–water partition coefficient (Wildman–Crippen LogP) is 3.07. The van der Waals surface area contributed by atoms with Crippen molar-refractivity contribution in [1.82, 2.24) is 4.72 Å². The lowest BCUT2D eigenvalue weighted by atomic mass is 9.92. The topological polar surface area (TPSA) is 73.9 Å². The summed E-state index contributed by atoms with van der Waals surface area (Å²) in [5, 5.41) is 0. The maximum absolute atomic E-state index is 12.7. The van der Waals surface area contributed by atoms with Crippen molar-refractivity contribution in [2.45, 2.75) is 37.1 Å². The molecule has 27 heavy (non-hydrogen) atoms. The smallest absolute Gasteiger partial charge is 0.240 e. The Morgan fingerprint density at radius 2 is 1.52 bits per heavy atom. The summed E-state index contributed by atoms with van der Waals surface area (Å²) in [6.45, 7) is 0.121. The van der Waals surface area contributed by atoms with Crippen LogP contribution in [0.5, 0.6) is 17.2 Å². The van der Waals surface area contributed by atoms with Crippen LogP contribution < -0.4 is 18.9 Å². The van der Waals surface area contributed by atoms with Crippen LogP contribution in [0.2, 0.25) is 0 Å². The molecule has 1 aliphatic rings. The summed E-state index contributed by atoms with van der Waals surface area (Å²) in [6, 6.07) is 8.88. The van der Waals surface area contributed by atoms with Crippen LogP contribution in [-0.2, 0) is 29.4 Å². The van der Waals surface area contributed by atoms with E-state index in [1.54, 1.807) is 24.3 Å². The van der Waals surface area contributed by atoms with Crippen molar-refractivity contribution < 1.29 is 22.6 Å². The number of methoxy groups -OCH3 is 3. The highest BCUT2D eigenvalue weighted by atomic mass is 32.2. The van der Waals surface area contributed by atoms with E-state index in [1.165, 1.54) is 33.3 Å². The molecule has 3 rings (SSSR count). The second-order valence-corrected chi connectivity index (χ2v) is 8.26. The molecule has 0 aliphatic heterocycles. The van der Waals surface area contributed by atoms with Crippen molar-refractivity contribution in [3.8, 4) is 17.2 Å². The molecule has 1 N–H and O–H groups in total. The molecule has 0 aromatic heterocycles. The van der Waals surface area contributed by atoms with Gasteiger partial charge in [-0.1, -0.05) is 6.07 Å². The summed E-state index contributed by atoms with van der Waals surface area (Å²) >= 11 is 0. The number of hydrogen-bond acceptors (Lipinski definition) is 5. The molecule has 2 aromatic rings. The zero-order valence-electron chi connectivity index (χ0n) is 15.9. The third kappa shape index (κ3) is 4.20. The van der Waals surface area contributed by atoms with Crippen molar-refractivity contribution in [2.75, 3.05) is 21.3 Å². The van der Waals surface area contributed by atoms with Crippen LogP contribution >= 0.6 is 0 Å². The third-order valence-electron chi connectivity index (χ3n) is 4.82. The van der Waals surface area contributed by atoms with Gasteiger partial charge in [-0.25, -0.2) is 13.1 Å². The second-order valence-electron chi connectivity index (χ2n) is 6.50. The summed E-state index contributed by atoms with van der Waals surface area (Å²) in [4.78, 5) is 0.301. The number of sulfonamides is 1. The minimum atomic E-state index is -3.61. The molecular formula is C20H25NO5S. The number of nitrogens with one attached hydrogen (secondary N) is 1.